The summed E-state index contributed by atoms with van der Waals surface area (Å²) in [6.45, 7) is 5.45. The van der Waals surface area contributed by atoms with E-state index in [9.17, 15) is 28.3 Å². The molecule has 8 nitrogen and oxygen atoms in total. The van der Waals surface area contributed by atoms with Crippen molar-refractivity contribution >= 4 is 34.4 Å². The molecule has 1 unspecified atom stereocenters. The summed E-state index contributed by atoms with van der Waals surface area (Å²) in [5, 5.41) is 9.57. The number of rotatable bonds is 4. The zero-order valence-corrected chi connectivity index (χ0v) is 23.1. The van der Waals surface area contributed by atoms with E-state index in [1.165, 1.54) is 17.4 Å². The molecule has 0 saturated carbocycles. The lowest BCUT2D eigenvalue weighted by Gasteiger charge is -2.33. The van der Waals surface area contributed by atoms with Gasteiger partial charge in [-0.05, 0) is 75.9 Å². The Morgan fingerprint density at radius 3 is 2.60 bits per heavy atom. The highest BCUT2D eigenvalue weighted by Gasteiger charge is 2.31. The summed E-state index contributed by atoms with van der Waals surface area (Å²) in [7, 11) is 1.72. The van der Waals surface area contributed by atoms with Crippen LogP contribution in [0.15, 0.2) is 47.4 Å². The number of amides is 1. The number of carbonyl (C=O) groups excluding carboxylic acids is 1. The van der Waals surface area contributed by atoms with E-state index >= 15 is 0 Å². The van der Waals surface area contributed by atoms with Gasteiger partial charge in [-0.3, -0.25) is 9.36 Å². The number of thiophene rings is 1. The van der Waals surface area contributed by atoms with Crippen molar-refractivity contribution < 1.29 is 28.2 Å². The van der Waals surface area contributed by atoms with Gasteiger partial charge in [0.1, 0.15) is 28.4 Å². The average Bonchev–Trinajstić information content (AvgIpc) is 3.32. The lowest BCUT2D eigenvalue weighted by atomic mass is 9.92. The van der Waals surface area contributed by atoms with Crippen LogP contribution in [0, 0.1) is 11.6 Å². The Bertz CT molecular complexity index is 1720. The van der Waals surface area contributed by atoms with Crippen LogP contribution >= 0.6 is 11.3 Å². The van der Waals surface area contributed by atoms with Crippen LogP contribution in [0.5, 0.6) is 0 Å². The van der Waals surface area contributed by atoms with Crippen LogP contribution in [0.3, 0.4) is 0 Å². The van der Waals surface area contributed by atoms with Crippen molar-refractivity contribution in [3.05, 3.63) is 80.5 Å². The molecule has 5 rings (SSSR count). The van der Waals surface area contributed by atoms with Crippen molar-refractivity contribution in [1.29, 1.82) is 0 Å². The molecule has 11 heteroatoms. The van der Waals surface area contributed by atoms with Gasteiger partial charge in [0.15, 0.2) is 0 Å². The maximum Gasteiger partial charge on any atom is 0.410 e. The van der Waals surface area contributed by atoms with Crippen LogP contribution in [0.2, 0.25) is 0 Å². The second-order valence-electron chi connectivity index (χ2n) is 10.7. The van der Waals surface area contributed by atoms with Gasteiger partial charge in [0, 0.05) is 24.2 Å². The molecular formula is C29H27F2N3O5S. The molecule has 40 heavy (non-hydrogen) atoms. The summed E-state index contributed by atoms with van der Waals surface area (Å²) in [6, 6.07) is 7.74. The Labute approximate surface area is 232 Å². The van der Waals surface area contributed by atoms with Crippen molar-refractivity contribution in [3.8, 4) is 16.3 Å². The molecule has 0 fully saturated rings. The highest BCUT2D eigenvalue weighted by atomic mass is 32.1. The van der Waals surface area contributed by atoms with Crippen LogP contribution in [-0.2, 0) is 11.2 Å². The molecule has 1 N–H and O–H groups in total. The van der Waals surface area contributed by atoms with E-state index in [-0.39, 0.29) is 22.8 Å². The van der Waals surface area contributed by atoms with E-state index in [2.05, 4.69) is 4.98 Å². The fraction of sp³-hybridized carbons (Fsp3) is 0.310. The molecule has 3 aromatic heterocycles. The molecular weight excluding hydrogens is 540 g/mol. The number of benzene rings is 1. The van der Waals surface area contributed by atoms with Crippen LogP contribution in [-0.4, -0.2) is 44.3 Å². The third-order valence-electron chi connectivity index (χ3n) is 6.73. The maximum atomic E-state index is 14.8. The highest BCUT2D eigenvalue weighted by molar-refractivity contribution is 7.15. The van der Waals surface area contributed by atoms with Gasteiger partial charge >= 0.3 is 12.1 Å². The Hall–Kier alpha value is -4.12. The van der Waals surface area contributed by atoms with Gasteiger partial charge in [-0.2, -0.15) is 0 Å². The number of carboxylic acids is 1. The number of ether oxygens (including phenoxy) is 1. The lowest BCUT2D eigenvalue weighted by Crippen LogP contribution is -2.37. The number of aryl methyl sites for hydroxylation is 1. The molecule has 1 atom stereocenters. The molecule has 1 aliphatic carbocycles. The van der Waals surface area contributed by atoms with Gasteiger partial charge < -0.3 is 14.7 Å². The number of carboxylic acid groups (broad SMARTS) is 1. The van der Waals surface area contributed by atoms with Gasteiger partial charge in [-0.25, -0.2) is 23.4 Å². The van der Waals surface area contributed by atoms with Gasteiger partial charge in [-0.15, -0.1) is 11.3 Å². The summed E-state index contributed by atoms with van der Waals surface area (Å²) >= 11 is 1.52. The van der Waals surface area contributed by atoms with E-state index in [0.29, 0.717) is 11.8 Å². The first kappa shape index (κ1) is 27.4. The largest absolute Gasteiger partial charge is 0.477 e. The number of pyridine rings is 2. The quantitative estimate of drug-likeness (QED) is 0.309. The zero-order valence-electron chi connectivity index (χ0n) is 22.3. The number of aromatic nitrogens is 2. The predicted molar refractivity (Wildman–Crippen MR) is 147 cm³/mol. The van der Waals surface area contributed by atoms with Gasteiger partial charge in [-0.1, -0.05) is 0 Å². The first-order valence-corrected chi connectivity index (χ1v) is 13.5. The summed E-state index contributed by atoms with van der Waals surface area (Å²) in [6.07, 6.45) is 3.08. The van der Waals surface area contributed by atoms with Crippen LogP contribution in [0.1, 0.15) is 60.5 Å². The van der Waals surface area contributed by atoms with Gasteiger partial charge in [0.2, 0.25) is 5.43 Å². The maximum absolute atomic E-state index is 14.8. The van der Waals surface area contributed by atoms with Crippen LogP contribution < -0.4 is 5.43 Å². The van der Waals surface area contributed by atoms with Crippen molar-refractivity contribution in [2.24, 2.45) is 0 Å². The van der Waals surface area contributed by atoms with E-state index < -0.39 is 40.3 Å². The fourth-order valence-electron chi connectivity index (χ4n) is 4.87. The third-order valence-corrected chi connectivity index (χ3v) is 7.97. The van der Waals surface area contributed by atoms with Crippen molar-refractivity contribution in [2.45, 2.75) is 51.7 Å². The fourth-order valence-corrected chi connectivity index (χ4v) is 6.10. The Morgan fingerprint density at radius 2 is 1.93 bits per heavy atom. The van der Waals surface area contributed by atoms with Crippen molar-refractivity contribution in [2.75, 3.05) is 7.05 Å². The first-order chi connectivity index (χ1) is 18.8. The standard InChI is InChI=1S/C29H27F2N3O5S/c1-29(2,3)39-28(38)33(4)21-6-5-7-23-17(21)13-24(40-23)20-10-9-16-25(35)18(27(36)37)14-34(26(16)32-20)22-11-8-15(30)12-19(22)31/h8-14,21H,5-7H2,1-4H3,(H,36,37). The van der Waals surface area contributed by atoms with Crippen molar-refractivity contribution in [1.82, 2.24) is 14.5 Å². The van der Waals surface area contributed by atoms with E-state index in [0.717, 1.165) is 57.5 Å². The molecule has 208 valence electrons. The number of fused-ring (bicyclic) bond motifs is 2. The molecule has 1 aromatic carbocycles. The minimum absolute atomic E-state index is 0.0174. The summed E-state index contributed by atoms with van der Waals surface area (Å²) in [5.74, 6) is -3.21. The summed E-state index contributed by atoms with van der Waals surface area (Å²) in [4.78, 5) is 45.7. The Morgan fingerprint density at radius 1 is 1.18 bits per heavy atom. The Kier molecular flexibility index (Phi) is 6.95. The minimum atomic E-state index is -1.47. The van der Waals surface area contributed by atoms with E-state index in [1.807, 2.05) is 26.8 Å². The summed E-state index contributed by atoms with van der Waals surface area (Å²) < 4.78 is 35.2. The third kappa shape index (κ3) is 5.08. The second-order valence-corrected chi connectivity index (χ2v) is 11.8. The molecule has 0 bridgehead atoms. The molecule has 0 radical (unpaired) electrons. The SMILES string of the molecule is CN(C(=O)OC(C)(C)C)C1CCCc2sc(-c3ccc4c(=O)c(C(=O)O)cn(-c5ccc(F)cc5F)c4n3)cc21. The molecule has 0 saturated heterocycles. The number of halogens is 2. The molecule has 0 spiro atoms. The smallest absolute Gasteiger partial charge is 0.410 e. The highest BCUT2D eigenvalue weighted by Crippen LogP contribution is 2.42. The van der Waals surface area contributed by atoms with E-state index in [1.54, 1.807) is 18.0 Å². The topological polar surface area (TPSA) is 102 Å². The van der Waals surface area contributed by atoms with Gasteiger partial charge in [0.05, 0.1) is 27.7 Å². The monoisotopic (exact) mass is 567 g/mol. The van der Waals surface area contributed by atoms with E-state index in [4.69, 9.17) is 4.74 Å². The molecule has 1 aliphatic rings. The number of nitrogens with zero attached hydrogens (tertiary/aromatic N) is 3. The van der Waals surface area contributed by atoms with Crippen LogP contribution in [0.4, 0.5) is 13.6 Å². The number of hydrogen-bond donors (Lipinski definition) is 1. The second kappa shape index (κ2) is 10.1. The normalized spacial score (nSPS) is 15.1. The number of aromatic carboxylic acids is 1. The Balaban J connectivity index is 1.62. The predicted octanol–water partition coefficient (Wildman–Crippen LogP) is 6.33. The molecule has 3 heterocycles. The number of carbonyl (C=O) groups is 2. The van der Waals surface area contributed by atoms with Crippen molar-refractivity contribution in [3.63, 3.8) is 0 Å². The minimum Gasteiger partial charge on any atom is -0.477 e. The number of hydrogen-bond acceptors (Lipinski definition) is 6. The molecule has 1 amide bonds. The average molecular weight is 568 g/mol. The zero-order chi connectivity index (χ0) is 28.9. The van der Waals surface area contributed by atoms with Gasteiger partial charge in [0.25, 0.3) is 0 Å². The summed E-state index contributed by atoms with van der Waals surface area (Å²) in [5.41, 5.74) is -0.586. The van der Waals surface area contributed by atoms with Crippen LogP contribution in [0.25, 0.3) is 27.3 Å². The molecule has 4 aromatic rings. The lowest BCUT2D eigenvalue weighted by molar-refractivity contribution is 0.0205. The molecule has 0 aliphatic heterocycles. The first-order valence-electron chi connectivity index (χ1n) is 12.7.